The second-order valence-electron chi connectivity index (χ2n) is 7.97. The van der Waals surface area contributed by atoms with Gasteiger partial charge in [0.1, 0.15) is 0 Å². The van der Waals surface area contributed by atoms with Crippen molar-refractivity contribution < 1.29 is 28.7 Å². The Balaban J connectivity index is 1.45. The molecular formula is C25H28N2O6. The van der Waals surface area contributed by atoms with Crippen molar-refractivity contribution in [3.8, 4) is 0 Å². The van der Waals surface area contributed by atoms with E-state index in [0.29, 0.717) is 17.9 Å². The second-order valence-corrected chi connectivity index (χ2v) is 7.97. The Hall–Kier alpha value is -3.68. The quantitative estimate of drug-likeness (QED) is 0.462. The van der Waals surface area contributed by atoms with Gasteiger partial charge in [-0.3, -0.25) is 14.4 Å². The van der Waals surface area contributed by atoms with Crippen LogP contribution in [0.5, 0.6) is 0 Å². The molecule has 0 bridgehead atoms. The average Bonchev–Trinajstić information content (AvgIpc) is 3.20. The number of carbonyl (C=O) groups is 4. The Morgan fingerprint density at radius 3 is 2.55 bits per heavy atom. The van der Waals surface area contributed by atoms with E-state index in [1.165, 1.54) is 0 Å². The molecule has 0 saturated carbocycles. The van der Waals surface area contributed by atoms with Crippen LogP contribution in [0.25, 0.3) is 0 Å². The third-order valence-electron chi connectivity index (χ3n) is 5.25. The molecular weight excluding hydrogens is 424 g/mol. The summed E-state index contributed by atoms with van der Waals surface area (Å²) in [4.78, 5) is 50.4. The molecule has 8 heteroatoms. The molecule has 3 rings (SSSR count). The van der Waals surface area contributed by atoms with E-state index in [4.69, 9.17) is 9.47 Å². The Labute approximate surface area is 192 Å². The van der Waals surface area contributed by atoms with Gasteiger partial charge in [-0.15, -0.1) is 0 Å². The lowest BCUT2D eigenvalue weighted by Crippen LogP contribution is -2.28. The first kappa shape index (κ1) is 24.0. The maximum absolute atomic E-state index is 12.4. The van der Waals surface area contributed by atoms with Gasteiger partial charge in [0.15, 0.2) is 6.61 Å². The molecule has 0 aliphatic carbocycles. The Morgan fingerprint density at radius 2 is 1.85 bits per heavy atom. The number of esters is 2. The molecule has 1 aliphatic rings. The number of hydrogen-bond donors (Lipinski definition) is 1. The van der Waals surface area contributed by atoms with Crippen LogP contribution >= 0.6 is 0 Å². The Kier molecular flexibility index (Phi) is 8.18. The molecule has 2 aromatic carbocycles. The van der Waals surface area contributed by atoms with Crippen LogP contribution in [-0.4, -0.2) is 43.5 Å². The number of carbonyl (C=O) groups excluding carboxylic acids is 4. The fourth-order valence-corrected chi connectivity index (χ4v) is 3.44. The maximum Gasteiger partial charge on any atom is 0.338 e. The van der Waals surface area contributed by atoms with Crippen molar-refractivity contribution in [1.29, 1.82) is 0 Å². The number of benzene rings is 2. The highest BCUT2D eigenvalue weighted by molar-refractivity contribution is 6.00. The number of amides is 2. The van der Waals surface area contributed by atoms with Gasteiger partial charge in [-0.1, -0.05) is 25.5 Å². The highest BCUT2D eigenvalue weighted by Crippen LogP contribution is 2.26. The van der Waals surface area contributed by atoms with E-state index < -0.39 is 30.4 Å². The minimum atomic E-state index is -0.621. The summed E-state index contributed by atoms with van der Waals surface area (Å²) in [7, 11) is 0. The van der Waals surface area contributed by atoms with Crippen LogP contribution < -0.4 is 10.2 Å². The first-order valence-corrected chi connectivity index (χ1v) is 11.0. The van der Waals surface area contributed by atoms with Crippen LogP contribution in [-0.2, 0) is 23.9 Å². The van der Waals surface area contributed by atoms with Crippen molar-refractivity contribution >= 4 is 35.1 Å². The van der Waals surface area contributed by atoms with Gasteiger partial charge < -0.3 is 19.7 Å². The van der Waals surface area contributed by atoms with Gasteiger partial charge >= 0.3 is 11.9 Å². The predicted octanol–water partition coefficient (Wildman–Crippen LogP) is 3.49. The average molecular weight is 453 g/mol. The summed E-state index contributed by atoms with van der Waals surface area (Å²) in [6.45, 7) is 4.07. The van der Waals surface area contributed by atoms with Gasteiger partial charge in [0, 0.05) is 24.3 Å². The van der Waals surface area contributed by atoms with Crippen LogP contribution in [0, 0.1) is 12.8 Å². The number of unbranched alkanes of at least 4 members (excludes halogenated alkanes) is 1. The van der Waals surface area contributed by atoms with E-state index in [0.717, 1.165) is 24.1 Å². The van der Waals surface area contributed by atoms with E-state index in [1.54, 1.807) is 29.2 Å². The summed E-state index contributed by atoms with van der Waals surface area (Å²) >= 11 is 0. The third-order valence-corrected chi connectivity index (χ3v) is 5.25. The molecule has 174 valence electrons. The molecule has 33 heavy (non-hydrogen) atoms. The summed E-state index contributed by atoms with van der Waals surface area (Å²) in [5, 5.41) is 2.61. The summed E-state index contributed by atoms with van der Waals surface area (Å²) in [6, 6.07) is 13.8. The fraction of sp³-hybridized carbons (Fsp3) is 0.360. The number of nitrogens with one attached hydrogen (secondary N) is 1. The van der Waals surface area contributed by atoms with Gasteiger partial charge in [-0.25, -0.2) is 4.79 Å². The van der Waals surface area contributed by atoms with E-state index >= 15 is 0 Å². The monoisotopic (exact) mass is 452 g/mol. The van der Waals surface area contributed by atoms with E-state index in [2.05, 4.69) is 5.32 Å². The molecule has 0 aromatic heterocycles. The first-order chi connectivity index (χ1) is 15.9. The SMILES string of the molecule is CCCCOC(=O)c1ccc(NC(=O)COC(=O)[C@@H]2CC(=O)N(c3cccc(C)c3)C2)cc1. The standard InChI is InChI=1S/C25H28N2O6/c1-3-4-12-32-24(30)18-8-10-20(11-9-18)26-22(28)16-33-25(31)19-14-23(29)27(15-19)21-7-5-6-17(2)13-21/h5-11,13,19H,3-4,12,14-16H2,1-2H3,(H,26,28)/t19-/m1/s1. The Bertz CT molecular complexity index is 1020. The van der Waals surface area contributed by atoms with E-state index in [1.807, 2.05) is 38.1 Å². The molecule has 0 unspecified atom stereocenters. The number of aryl methyl sites for hydroxylation is 1. The summed E-state index contributed by atoms with van der Waals surface area (Å²) < 4.78 is 10.3. The van der Waals surface area contributed by atoms with Crippen LogP contribution in [0.2, 0.25) is 0 Å². The maximum atomic E-state index is 12.4. The number of hydrogen-bond acceptors (Lipinski definition) is 6. The van der Waals surface area contributed by atoms with Crippen LogP contribution in [0.15, 0.2) is 48.5 Å². The number of ether oxygens (including phenoxy) is 2. The Morgan fingerprint density at radius 1 is 1.09 bits per heavy atom. The molecule has 1 saturated heterocycles. The molecule has 0 radical (unpaired) electrons. The van der Waals surface area contributed by atoms with E-state index in [-0.39, 0.29) is 18.9 Å². The van der Waals surface area contributed by atoms with Crippen molar-refractivity contribution in [1.82, 2.24) is 0 Å². The lowest BCUT2D eigenvalue weighted by molar-refractivity contribution is -0.151. The van der Waals surface area contributed by atoms with Crippen molar-refractivity contribution in [2.75, 3.05) is 30.0 Å². The van der Waals surface area contributed by atoms with Gasteiger partial charge in [0.2, 0.25) is 5.91 Å². The molecule has 1 atom stereocenters. The minimum Gasteiger partial charge on any atom is -0.462 e. The molecule has 0 spiro atoms. The smallest absolute Gasteiger partial charge is 0.338 e. The molecule has 1 N–H and O–H groups in total. The zero-order valence-corrected chi connectivity index (χ0v) is 18.8. The largest absolute Gasteiger partial charge is 0.462 e. The van der Waals surface area contributed by atoms with Crippen LogP contribution in [0.3, 0.4) is 0 Å². The first-order valence-electron chi connectivity index (χ1n) is 11.0. The topological polar surface area (TPSA) is 102 Å². The summed E-state index contributed by atoms with van der Waals surface area (Å²) in [5.74, 6) is -2.29. The normalized spacial score (nSPS) is 15.3. The number of rotatable bonds is 9. The minimum absolute atomic E-state index is 0.0458. The molecule has 1 aliphatic heterocycles. The lowest BCUT2D eigenvalue weighted by Gasteiger charge is -2.17. The van der Waals surface area contributed by atoms with Crippen molar-refractivity contribution in [2.45, 2.75) is 33.1 Å². The van der Waals surface area contributed by atoms with Gasteiger partial charge in [-0.05, 0) is 55.3 Å². The van der Waals surface area contributed by atoms with Gasteiger partial charge in [0.05, 0.1) is 18.1 Å². The third kappa shape index (κ3) is 6.65. The van der Waals surface area contributed by atoms with Gasteiger partial charge in [0.25, 0.3) is 5.91 Å². The zero-order valence-electron chi connectivity index (χ0n) is 18.8. The molecule has 1 fully saturated rings. The highest BCUT2D eigenvalue weighted by Gasteiger charge is 2.36. The molecule has 2 amide bonds. The summed E-state index contributed by atoms with van der Waals surface area (Å²) in [5.41, 5.74) is 2.61. The zero-order chi connectivity index (χ0) is 23.8. The highest BCUT2D eigenvalue weighted by atomic mass is 16.5. The lowest BCUT2D eigenvalue weighted by atomic mass is 10.1. The predicted molar refractivity (Wildman–Crippen MR) is 123 cm³/mol. The molecule has 1 heterocycles. The number of nitrogens with zero attached hydrogens (tertiary/aromatic N) is 1. The van der Waals surface area contributed by atoms with Gasteiger partial charge in [-0.2, -0.15) is 0 Å². The van der Waals surface area contributed by atoms with Crippen molar-refractivity contribution in [3.63, 3.8) is 0 Å². The fourth-order valence-electron chi connectivity index (χ4n) is 3.44. The number of anilines is 2. The van der Waals surface area contributed by atoms with Crippen molar-refractivity contribution in [3.05, 3.63) is 59.7 Å². The van der Waals surface area contributed by atoms with Crippen LogP contribution in [0.1, 0.15) is 42.1 Å². The van der Waals surface area contributed by atoms with Crippen molar-refractivity contribution in [2.24, 2.45) is 5.92 Å². The molecule has 2 aromatic rings. The van der Waals surface area contributed by atoms with Crippen LogP contribution in [0.4, 0.5) is 11.4 Å². The summed E-state index contributed by atoms with van der Waals surface area (Å²) in [6.07, 6.45) is 1.78. The van der Waals surface area contributed by atoms with E-state index in [9.17, 15) is 19.2 Å². The molecule has 8 nitrogen and oxygen atoms in total. The second kappa shape index (κ2) is 11.3.